The molecule has 0 radical (unpaired) electrons. The van der Waals surface area contributed by atoms with Gasteiger partial charge in [0.15, 0.2) is 0 Å². The molecule has 0 aliphatic rings. The van der Waals surface area contributed by atoms with Crippen molar-refractivity contribution in [3.8, 4) is 0 Å². The topological polar surface area (TPSA) is 20.2 Å². The van der Waals surface area contributed by atoms with Crippen molar-refractivity contribution < 1.29 is 5.11 Å². The lowest BCUT2D eigenvalue weighted by molar-refractivity contribution is 0.0325. The first-order chi connectivity index (χ1) is 9.05. The second-order valence-electron chi connectivity index (χ2n) is 5.00. The molecule has 0 bridgehead atoms. The zero-order chi connectivity index (χ0) is 13.9. The van der Waals surface area contributed by atoms with Gasteiger partial charge in [0.1, 0.15) is 0 Å². The van der Waals surface area contributed by atoms with E-state index in [0.717, 1.165) is 10.0 Å². The standard InChI is InChI=1S/C17H19BrO/c1-3-17(19,15-9-6-10-16(18)11-15)12-14-8-5-4-7-13(14)2/h4-11,19H,3,12H2,1-2H3. The molecule has 1 atom stereocenters. The second-order valence-corrected chi connectivity index (χ2v) is 5.91. The molecular formula is C17H19BrO. The van der Waals surface area contributed by atoms with Crippen LogP contribution in [0.5, 0.6) is 0 Å². The summed E-state index contributed by atoms with van der Waals surface area (Å²) in [5.41, 5.74) is 2.58. The van der Waals surface area contributed by atoms with E-state index in [1.54, 1.807) is 0 Å². The fraction of sp³-hybridized carbons (Fsp3) is 0.294. The van der Waals surface area contributed by atoms with Gasteiger partial charge in [-0.25, -0.2) is 0 Å². The number of rotatable bonds is 4. The maximum Gasteiger partial charge on any atom is 0.0934 e. The normalized spacial score (nSPS) is 14.1. The Morgan fingerprint density at radius 3 is 2.47 bits per heavy atom. The summed E-state index contributed by atoms with van der Waals surface area (Å²) >= 11 is 3.47. The maximum absolute atomic E-state index is 11.0. The largest absolute Gasteiger partial charge is 0.385 e. The van der Waals surface area contributed by atoms with Gasteiger partial charge in [-0.3, -0.25) is 0 Å². The van der Waals surface area contributed by atoms with E-state index in [4.69, 9.17) is 0 Å². The predicted molar refractivity (Wildman–Crippen MR) is 83.2 cm³/mol. The number of hydrogen-bond acceptors (Lipinski definition) is 1. The number of halogens is 1. The van der Waals surface area contributed by atoms with Crippen molar-refractivity contribution in [3.05, 3.63) is 69.7 Å². The van der Waals surface area contributed by atoms with E-state index in [9.17, 15) is 5.11 Å². The molecule has 1 nitrogen and oxygen atoms in total. The van der Waals surface area contributed by atoms with Gasteiger partial charge in [-0.1, -0.05) is 59.3 Å². The highest BCUT2D eigenvalue weighted by atomic mass is 79.9. The molecule has 0 aromatic heterocycles. The summed E-state index contributed by atoms with van der Waals surface area (Å²) in [5.74, 6) is 0. The smallest absolute Gasteiger partial charge is 0.0934 e. The molecule has 0 fully saturated rings. The molecule has 0 aliphatic carbocycles. The molecule has 2 aromatic rings. The van der Waals surface area contributed by atoms with Gasteiger partial charge >= 0.3 is 0 Å². The Hall–Kier alpha value is -1.12. The van der Waals surface area contributed by atoms with Gasteiger partial charge in [-0.15, -0.1) is 0 Å². The van der Waals surface area contributed by atoms with Crippen molar-refractivity contribution in [1.29, 1.82) is 0 Å². The van der Waals surface area contributed by atoms with Crippen LogP contribution in [0, 0.1) is 6.92 Å². The van der Waals surface area contributed by atoms with Crippen molar-refractivity contribution in [2.45, 2.75) is 32.3 Å². The molecule has 0 aliphatic heterocycles. The summed E-state index contributed by atoms with van der Waals surface area (Å²) in [6, 6.07) is 16.2. The van der Waals surface area contributed by atoms with E-state index >= 15 is 0 Å². The Bertz CT molecular complexity index is 565. The second kappa shape index (κ2) is 5.89. The van der Waals surface area contributed by atoms with Crippen LogP contribution in [0.15, 0.2) is 53.0 Å². The van der Waals surface area contributed by atoms with E-state index in [2.05, 4.69) is 35.0 Å². The maximum atomic E-state index is 11.0. The lowest BCUT2D eigenvalue weighted by Crippen LogP contribution is -2.28. The molecule has 2 aromatic carbocycles. The highest BCUT2D eigenvalue weighted by molar-refractivity contribution is 9.10. The average molecular weight is 319 g/mol. The van der Waals surface area contributed by atoms with E-state index in [0.29, 0.717) is 12.8 Å². The summed E-state index contributed by atoms with van der Waals surface area (Å²) < 4.78 is 1.00. The van der Waals surface area contributed by atoms with Crippen LogP contribution >= 0.6 is 15.9 Å². The summed E-state index contributed by atoms with van der Waals surface area (Å²) in [6.07, 6.45) is 1.34. The summed E-state index contributed by atoms with van der Waals surface area (Å²) in [5, 5.41) is 11.0. The zero-order valence-corrected chi connectivity index (χ0v) is 12.9. The monoisotopic (exact) mass is 318 g/mol. The quantitative estimate of drug-likeness (QED) is 0.873. The molecule has 0 saturated carbocycles. The molecule has 1 N–H and O–H groups in total. The van der Waals surface area contributed by atoms with E-state index in [1.165, 1.54) is 11.1 Å². The van der Waals surface area contributed by atoms with Gasteiger partial charge in [0, 0.05) is 10.9 Å². The first kappa shape index (κ1) is 14.3. The van der Waals surface area contributed by atoms with Crippen LogP contribution in [0.1, 0.15) is 30.0 Å². The van der Waals surface area contributed by atoms with E-state index < -0.39 is 5.60 Å². The minimum absolute atomic E-state index is 0.645. The summed E-state index contributed by atoms with van der Waals surface area (Å²) in [6.45, 7) is 4.12. The highest BCUT2D eigenvalue weighted by Gasteiger charge is 2.28. The molecule has 0 amide bonds. The van der Waals surface area contributed by atoms with E-state index in [1.807, 2.05) is 43.3 Å². The van der Waals surface area contributed by atoms with Gasteiger partial charge < -0.3 is 5.11 Å². The SMILES string of the molecule is CCC(O)(Cc1ccccc1C)c1cccc(Br)c1. The molecule has 0 spiro atoms. The molecule has 100 valence electrons. The molecule has 19 heavy (non-hydrogen) atoms. The number of aryl methyl sites for hydroxylation is 1. The Morgan fingerprint density at radius 1 is 1.11 bits per heavy atom. The van der Waals surface area contributed by atoms with E-state index in [-0.39, 0.29) is 0 Å². The third-order valence-corrected chi connectivity index (χ3v) is 4.18. The fourth-order valence-electron chi connectivity index (χ4n) is 2.33. The minimum atomic E-state index is -0.810. The highest BCUT2D eigenvalue weighted by Crippen LogP contribution is 2.31. The van der Waals surface area contributed by atoms with Crippen molar-refractivity contribution in [2.75, 3.05) is 0 Å². The van der Waals surface area contributed by atoms with Crippen LogP contribution in [0.2, 0.25) is 0 Å². The number of hydrogen-bond donors (Lipinski definition) is 1. The lowest BCUT2D eigenvalue weighted by Gasteiger charge is -2.28. The Kier molecular flexibility index (Phi) is 4.43. The van der Waals surface area contributed by atoms with Crippen LogP contribution in [-0.4, -0.2) is 5.11 Å². The van der Waals surface area contributed by atoms with Crippen LogP contribution in [0.4, 0.5) is 0 Å². The average Bonchev–Trinajstić information content (AvgIpc) is 2.41. The third-order valence-electron chi connectivity index (χ3n) is 3.69. The van der Waals surface area contributed by atoms with Crippen molar-refractivity contribution in [1.82, 2.24) is 0 Å². The first-order valence-corrected chi connectivity index (χ1v) is 7.37. The Balaban J connectivity index is 2.36. The van der Waals surface area contributed by atoms with Crippen LogP contribution < -0.4 is 0 Å². The van der Waals surface area contributed by atoms with Gasteiger partial charge in [0.25, 0.3) is 0 Å². The van der Waals surface area contributed by atoms with Gasteiger partial charge in [-0.05, 0) is 42.2 Å². The number of benzene rings is 2. The van der Waals surface area contributed by atoms with Crippen LogP contribution in [0.25, 0.3) is 0 Å². The molecule has 1 unspecified atom stereocenters. The zero-order valence-electron chi connectivity index (χ0n) is 11.4. The Morgan fingerprint density at radius 2 is 1.84 bits per heavy atom. The number of aliphatic hydroxyl groups is 1. The third kappa shape index (κ3) is 3.26. The van der Waals surface area contributed by atoms with Crippen molar-refractivity contribution >= 4 is 15.9 Å². The molecule has 2 heteroatoms. The van der Waals surface area contributed by atoms with Crippen molar-refractivity contribution in [3.63, 3.8) is 0 Å². The predicted octanol–water partition coefficient (Wildman–Crippen LogP) is 4.60. The first-order valence-electron chi connectivity index (χ1n) is 6.58. The Labute approximate surface area is 123 Å². The molecular weight excluding hydrogens is 300 g/mol. The minimum Gasteiger partial charge on any atom is -0.385 e. The summed E-state index contributed by atoms with van der Waals surface area (Å²) in [7, 11) is 0. The van der Waals surface area contributed by atoms with Gasteiger partial charge in [0.05, 0.1) is 5.60 Å². The van der Waals surface area contributed by atoms with Gasteiger partial charge in [0.2, 0.25) is 0 Å². The van der Waals surface area contributed by atoms with Gasteiger partial charge in [-0.2, -0.15) is 0 Å². The van der Waals surface area contributed by atoms with Crippen LogP contribution in [0.3, 0.4) is 0 Å². The lowest BCUT2D eigenvalue weighted by atomic mass is 9.84. The summed E-state index contributed by atoms with van der Waals surface area (Å²) in [4.78, 5) is 0. The van der Waals surface area contributed by atoms with Crippen molar-refractivity contribution in [2.24, 2.45) is 0 Å². The molecule has 0 heterocycles. The fourth-order valence-corrected chi connectivity index (χ4v) is 2.73. The molecule has 2 rings (SSSR count). The molecule has 0 saturated heterocycles. The van der Waals surface area contributed by atoms with Crippen LogP contribution in [-0.2, 0) is 12.0 Å².